The molecule has 19 heavy (non-hydrogen) atoms. The predicted molar refractivity (Wildman–Crippen MR) is 81.6 cm³/mol. The van der Waals surface area contributed by atoms with E-state index in [0.717, 1.165) is 15.6 Å². The van der Waals surface area contributed by atoms with Crippen LogP contribution in [-0.4, -0.2) is 25.9 Å². The first-order valence-corrected chi connectivity index (χ1v) is 7.16. The van der Waals surface area contributed by atoms with Crippen molar-refractivity contribution in [2.75, 3.05) is 19.8 Å². The molecule has 0 aromatic heterocycles. The van der Waals surface area contributed by atoms with Gasteiger partial charge >= 0.3 is 0 Å². The van der Waals surface area contributed by atoms with Gasteiger partial charge in [-0.2, -0.15) is 0 Å². The van der Waals surface area contributed by atoms with Crippen molar-refractivity contribution in [2.45, 2.75) is 13.0 Å². The second-order valence-electron chi connectivity index (χ2n) is 4.28. The molecule has 0 saturated heterocycles. The second kappa shape index (κ2) is 6.89. The molecule has 0 spiro atoms. The first kappa shape index (κ1) is 14.3. The Hall–Kier alpha value is -1.10. The molecule has 102 valence electrons. The van der Waals surface area contributed by atoms with Crippen LogP contribution in [0.3, 0.4) is 0 Å². The van der Waals surface area contributed by atoms with Crippen LogP contribution >= 0.6 is 15.9 Å². The molecule has 0 radical (unpaired) electrons. The second-order valence-corrected chi connectivity index (χ2v) is 5.19. The molecule has 1 unspecified atom stereocenters. The maximum Gasteiger partial charge on any atom is 0.120 e. The van der Waals surface area contributed by atoms with Gasteiger partial charge in [-0.05, 0) is 42.0 Å². The normalized spacial score (nSPS) is 12.6. The van der Waals surface area contributed by atoms with Crippen LogP contribution in [0, 0.1) is 0 Å². The molecule has 0 saturated carbocycles. The zero-order valence-electron chi connectivity index (χ0n) is 10.9. The third kappa shape index (κ3) is 3.93. The Kier molecular flexibility index (Phi) is 5.19. The van der Waals surface area contributed by atoms with E-state index in [2.05, 4.69) is 28.1 Å². The van der Waals surface area contributed by atoms with Crippen LogP contribution in [0.2, 0.25) is 0 Å². The molecular formula is C15H18BrNO2. The van der Waals surface area contributed by atoms with Crippen LogP contribution < -0.4 is 10.5 Å². The SMILES string of the molecule is CCOC(CN)COc1ccc2cc(Br)ccc2c1. The molecule has 3 nitrogen and oxygen atoms in total. The quantitative estimate of drug-likeness (QED) is 0.886. The molecule has 2 aromatic rings. The fourth-order valence-electron chi connectivity index (χ4n) is 1.89. The van der Waals surface area contributed by atoms with Gasteiger partial charge in [0.05, 0.1) is 0 Å². The highest BCUT2D eigenvalue weighted by atomic mass is 79.9. The van der Waals surface area contributed by atoms with Crippen molar-refractivity contribution in [3.8, 4) is 5.75 Å². The third-order valence-corrected chi connectivity index (χ3v) is 3.37. The monoisotopic (exact) mass is 323 g/mol. The Labute approximate surface area is 121 Å². The number of hydrogen-bond acceptors (Lipinski definition) is 3. The fourth-order valence-corrected chi connectivity index (χ4v) is 2.27. The summed E-state index contributed by atoms with van der Waals surface area (Å²) in [6, 6.07) is 12.2. The summed E-state index contributed by atoms with van der Waals surface area (Å²) in [5.74, 6) is 0.841. The molecule has 4 heteroatoms. The predicted octanol–water partition coefficient (Wildman–Crippen LogP) is 3.34. The standard InChI is InChI=1S/C15H18BrNO2/c1-2-18-15(9-17)10-19-14-6-4-11-7-13(16)5-3-12(11)8-14/h3-8,15H,2,9-10,17H2,1H3. The largest absolute Gasteiger partial charge is 0.491 e. The van der Waals surface area contributed by atoms with Gasteiger partial charge in [0.2, 0.25) is 0 Å². The highest BCUT2D eigenvalue weighted by molar-refractivity contribution is 9.10. The highest BCUT2D eigenvalue weighted by Gasteiger charge is 2.07. The van der Waals surface area contributed by atoms with Crippen molar-refractivity contribution in [1.29, 1.82) is 0 Å². The van der Waals surface area contributed by atoms with Crippen molar-refractivity contribution in [2.24, 2.45) is 5.73 Å². The van der Waals surface area contributed by atoms with E-state index in [1.165, 1.54) is 5.39 Å². The molecule has 0 heterocycles. The Morgan fingerprint density at radius 1 is 1.16 bits per heavy atom. The molecular weight excluding hydrogens is 306 g/mol. The topological polar surface area (TPSA) is 44.5 Å². The number of nitrogens with two attached hydrogens (primary N) is 1. The molecule has 1 atom stereocenters. The van der Waals surface area contributed by atoms with Crippen LogP contribution in [0.4, 0.5) is 0 Å². The summed E-state index contributed by atoms with van der Waals surface area (Å²) in [5, 5.41) is 2.34. The molecule has 2 rings (SSSR count). The van der Waals surface area contributed by atoms with Crippen molar-refractivity contribution < 1.29 is 9.47 Å². The molecule has 0 bridgehead atoms. The van der Waals surface area contributed by atoms with Crippen LogP contribution in [-0.2, 0) is 4.74 Å². The van der Waals surface area contributed by atoms with Gasteiger partial charge in [0, 0.05) is 17.6 Å². The van der Waals surface area contributed by atoms with Crippen LogP contribution in [0.25, 0.3) is 10.8 Å². The minimum atomic E-state index is -0.0504. The van der Waals surface area contributed by atoms with Crippen molar-refractivity contribution in [1.82, 2.24) is 0 Å². The zero-order chi connectivity index (χ0) is 13.7. The highest BCUT2D eigenvalue weighted by Crippen LogP contribution is 2.24. The average molecular weight is 324 g/mol. The number of benzene rings is 2. The Morgan fingerprint density at radius 2 is 1.89 bits per heavy atom. The number of halogens is 1. The van der Waals surface area contributed by atoms with Crippen LogP contribution in [0.5, 0.6) is 5.75 Å². The van der Waals surface area contributed by atoms with E-state index in [1.807, 2.05) is 31.2 Å². The number of ether oxygens (including phenoxy) is 2. The van der Waals surface area contributed by atoms with E-state index in [4.69, 9.17) is 15.2 Å². The summed E-state index contributed by atoms with van der Waals surface area (Å²) in [5.41, 5.74) is 5.62. The van der Waals surface area contributed by atoms with Crippen molar-refractivity contribution >= 4 is 26.7 Å². The summed E-state index contributed by atoms with van der Waals surface area (Å²) in [6.45, 7) is 3.55. The minimum absolute atomic E-state index is 0.0504. The van der Waals surface area contributed by atoms with E-state index in [-0.39, 0.29) is 6.10 Å². The lowest BCUT2D eigenvalue weighted by Gasteiger charge is -2.16. The van der Waals surface area contributed by atoms with Crippen molar-refractivity contribution in [3.05, 3.63) is 40.9 Å². The molecule has 0 aliphatic heterocycles. The summed E-state index contributed by atoms with van der Waals surface area (Å²) >= 11 is 3.47. The first-order chi connectivity index (χ1) is 9.22. The van der Waals surface area contributed by atoms with Gasteiger partial charge in [0.1, 0.15) is 18.5 Å². The number of fused-ring (bicyclic) bond motifs is 1. The smallest absolute Gasteiger partial charge is 0.120 e. The maximum absolute atomic E-state index is 5.73. The van der Waals surface area contributed by atoms with Gasteiger partial charge in [-0.3, -0.25) is 0 Å². The van der Waals surface area contributed by atoms with E-state index >= 15 is 0 Å². The molecule has 0 aliphatic carbocycles. The van der Waals surface area contributed by atoms with Gasteiger partial charge in [0.25, 0.3) is 0 Å². The summed E-state index contributed by atoms with van der Waals surface area (Å²) < 4.78 is 12.3. The Morgan fingerprint density at radius 3 is 2.63 bits per heavy atom. The van der Waals surface area contributed by atoms with Crippen LogP contribution in [0.1, 0.15) is 6.92 Å². The maximum atomic E-state index is 5.73. The van der Waals surface area contributed by atoms with E-state index in [9.17, 15) is 0 Å². The average Bonchev–Trinajstić information content (AvgIpc) is 2.43. The lowest BCUT2D eigenvalue weighted by molar-refractivity contribution is 0.0337. The number of hydrogen-bond donors (Lipinski definition) is 1. The minimum Gasteiger partial charge on any atom is -0.491 e. The fraction of sp³-hybridized carbons (Fsp3) is 0.333. The Balaban J connectivity index is 2.07. The zero-order valence-corrected chi connectivity index (χ0v) is 12.5. The number of rotatable bonds is 6. The van der Waals surface area contributed by atoms with Gasteiger partial charge < -0.3 is 15.2 Å². The van der Waals surface area contributed by atoms with E-state index in [1.54, 1.807) is 0 Å². The summed E-state index contributed by atoms with van der Waals surface area (Å²) in [7, 11) is 0. The summed E-state index contributed by atoms with van der Waals surface area (Å²) in [4.78, 5) is 0. The third-order valence-electron chi connectivity index (χ3n) is 2.87. The lowest BCUT2D eigenvalue weighted by atomic mass is 10.1. The molecule has 2 N–H and O–H groups in total. The van der Waals surface area contributed by atoms with Gasteiger partial charge in [-0.25, -0.2) is 0 Å². The van der Waals surface area contributed by atoms with Crippen LogP contribution in [0.15, 0.2) is 40.9 Å². The van der Waals surface area contributed by atoms with E-state index < -0.39 is 0 Å². The molecule has 0 fully saturated rings. The molecule has 2 aromatic carbocycles. The molecule has 0 amide bonds. The van der Waals surface area contributed by atoms with Crippen molar-refractivity contribution in [3.63, 3.8) is 0 Å². The Bertz CT molecular complexity index is 545. The van der Waals surface area contributed by atoms with Gasteiger partial charge in [0.15, 0.2) is 0 Å². The summed E-state index contributed by atoms with van der Waals surface area (Å²) in [6.07, 6.45) is -0.0504. The van der Waals surface area contributed by atoms with Gasteiger partial charge in [-0.1, -0.05) is 28.1 Å². The van der Waals surface area contributed by atoms with E-state index in [0.29, 0.717) is 19.8 Å². The first-order valence-electron chi connectivity index (χ1n) is 6.36. The van der Waals surface area contributed by atoms with Gasteiger partial charge in [-0.15, -0.1) is 0 Å². The lowest BCUT2D eigenvalue weighted by Crippen LogP contribution is -2.30. The molecule has 0 aliphatic rings.